The molecule has 6 heteroatoms. The van der Waals surface area contributed by atoms with Crippen LogP contribution >= 0.6 is 11.6 Å². The van der Waals surface area contributed by atoms with Crippen molar-refractivity contribution in [2.75, 3.05) is 0 Å². The molecule has 4 aromatic rings. The lowest BCUT2D eigenvalue weighted by Gasteiger charge is -2.32. The Labute approximate surface area is 196 Å². The van der Waals surface area contributed by atoms with E-state index in [-0.39, 0.29) is 0 Å². The summed E-state index contributed by atoms with van der Waals surface area (Å²) in [4.78, 5) is 3.23. The minimum absolute atomic E-state index is 0.390. The van der Waals surface area contributed by atoms with Crippen molar-refractivity contribution in [2.45, 2.75) is 30.4 Å². The second kappa shape index (κ2) is 7.32. The fourth-order valence-electron chi connectivity index (χ4n) is 5.69. The maximum absolute atomic E-state index is 12.7. The molecule has 166 valence electrons. The largest absolute Gasteiger partial charge is 0.361 e. The highest BCUT2D eigenvalue weighted by Gasteiger charge is 2.41. The minimum Gasteiger partial charge on any atom is -0.361 e. The van der Waals surface area contributed by atoms with Gasteiger partial charge < -0.3 is 4.98 Å². The van der Waals surface area contributed by atoms with Crippen molar-refractivity contribution in [1.82, 2.24) is 4.98 Å². The van der Waals surface area contributed by atoms with Gasteiger partial charge in [0.2, 0.25) is 0 Å². The van der Waals surface area contributed by atoms with Crippen molar-refractivity contribution in [2.24, 2.45) is 0 Å². The number of aromatic amines is 1. The highest BCUT2D eigenvalue weighted by molar-refractivity contribution is 7.86. The number of rotatable bonds is 2. The molecule has 2 N–H and O–H groups in total. The molecule has 33 heavy (non-hydrogen) atoms. The van der Waals surface area contributed by atoms with E-state index in [1.54, 1.807) is 6.07 Å². The Morgan fingerprint density at radius 1 is 1.00 bits per heavy atom. The van der Waals surface area contributed by atoms with Crippen LogP contribution in [0.5, 0.6) is 0 Å². The van der Waals surface area contributed by atoms with E-state index in [0.29, 0.717) is 5.02 Å². The molecule has 6 rings (SSSR count). The number of benzene rings is 3. The predicted molar refractivity (Wildman–Crippen MR) is 135 cm³/mol. The van der Waals surface area contributed by atoms with E-state index in [2.05, 4.69) is 41.4 Å². The summed E-state index contributed by atoms with van der Waals surface area (Å²) in [7, 11) is -4.33. The third-order valence-electron chi connectivity index (χ3n) is 7.21. The van der Waals surface area contributed by atoms with Crippen LogP contribution in [0.3, 0.4) is 0 Å². The van der Waals surface area contributed by atoms with E-state index in [1.165, 1.54) is 10.8 Å². The van der Waals surface area contributed by atoms with Gasteiger partial charge in [0.25, 0.3) is 10.1 Å². The van der Waals surface area contributed by atoms with Gasteiger partial charge in [-0.05, 0) is 62.5 Å². The molecule has 0 spiro atoms. The van der Waals surface area contributed by atoms with Crippen LogP contribution < -0.4 is 10.4 Å². The van der Waals surface area contributed by atoms with Crippen LogP contribution in [-0.4, -0.2) is 23.2 Å². The zero-order chi connectivity index (χ0) is 22.9. The van der Waals surface area contributed by atoms with Gasteiger partial charge in [0.15, 0.2) is 0 Å². The number of aromatic nitrogens is 1. The van der Waals surface area contributed by atoms with E-state index < -0.39 is 27.2 Å². The Hall–Kier alpha value is -2.86. The Bertz CT molecular complexity index is 1720. The fraction of sp³-hybridized carbons (Fsp3) is 0.185. The van der Waals surface area contributed by atoms with Gasteiger partial charge in [0, 0.05) is 34.0 Å². The fourth-order valence-corrected chi connectivity index (χ4v) is 7.12. The summed E-state index contributed by atoms with van der Waals surface area (Å²) < 4.78 is 35.6. The van der Waals surface area contributed by atoms with Gasteiger partial charge in [0.05, 0.1) is 0 Å². The average molecular weight is 476 g/mol. The summed E-state index contributed by atoms with van der Waals surface area (Å²) in [5.41, 5.74) is 3.92. The molecule has 0 aliphatic heterocycles. The molecule has 0 radical (unpaired) electrons. The maximum atomic E-state index is 12.7. The molecule has 2 aliphatic carbocycles. The smallest absolute Gasteiger partial charge is 0.269 e. The van der Waals surface area contributed by atoms with Gasteiger partial charge in [-0.3, -0.25) is 4.55 Å². The maximum Gasteiger partial charge on any atom is 0.269 e. The van der Waals surface area contributed by atoms with Crippen LogP contribution in [0.2, 0.25) is 5.02 Å². The molecule has 1 aromatic heterocycles. The van der Waals surface area contributed by atoms with Gasteiger partial charge in [-0.1, -0.05) is 67.1 Å². The van der Waals surface area contributed by atoms with Crippen LogP contribution in [0.15, 0.2) is 60.8 Å². The number of allylic oxidation sites excluding steroid dienone is 2. The number of hydrogen-bond donors (Lipinski definition) is 2. The number of nitrogens with one attached hydrogen (secondary N) is 1. The lowest BCUT2D eigenvalue weighted by molar-refractivity contribution is 0.447. The number of halogens is 1. The van der Waals surface area contributed by atoms with Crippen molar-refractivity contribution in [3.05, 3.63) is 93.0 Å². The summed E-state index contributed by atoms with van der Waals surface area (Å²) in [6, 6.07) is 13.9. The van der Waals surface area contributed by atoms with E-state index in [1.807, 2.05) is 37.4 Å². The second-order valence-electron chi connectivity index (χ2n) is 9.00. The van der Waals surface area contributed by atoms with Crippen molar-refractivity contribution >= 4 is 55.5 Å². The summed E-state index contributed by atoms with van der Waals surface area (Å²) in [5, 5.41) is 4.96. The van der Waals surface area contributed by atoms with Crippen LogP contribution in [0.4, 0.5) is 0 Å². The zero-order valence-electron chi connectivity index (χ0n) is 17.9. The molecule has 0 bridgehead atoms. The molecule has 0 fully saturated rings. The Morgan fingerprint density at radius 3 is 2.61 bits per heavy atom. The van der Waals surface area contributed by atoms with E-state index in [0.717, 1.165) is 44.4 Å². The van der Waals surface area contributed by atoms with Crippen LogP contribution in [0, 0.1) is 0 Å². The Balaban J connectivity index is 1.70. The molecular formula is C27H22ClNO3S. The van der Waals surface area contributed by atoms with Crippen molar-refractivity contribution < 1.29 is 13.0 Å². The number of hydrogen-bond acceptors (Lipinski definition) is 2. The summed E-state index contributed by atoms with van der Waals surface area (Å²) in [5.74, 6) is -0.918. The third kappa shape index (κ3) is 3.18. The molecule has 4 nitrogen and oxygen atoms in total. The topological polar surface area (TPSA) is 70.2 Å². The Kier molecular flexibility index (Phi) is 4.60. The average Bonchev–Trinajstić information content (AvgIpc) is 3.20. The standard InChI is InChI=1S/C27H22ClNO3S/c1-15-18-9-10-20-19-5-3-2-4-16(19)6-8-21(20)22(18)13-24(27(15)33(30,31)32)25-14-29-26-11-7-17(28)12-23(25)26/h2-3,5-15,24,27,29H,4H2,1H3,(H,30,31,32). The lowest BCUT2D eigenvalue weighted by Crippen LogP contribution is -2.39. The Morgan fingerprint density at radius 2 is 1.79 bits per heavy atom. The summed E-state index contributed by atoms with van der Waals surface area (Å²) in [6.45, 7) is 1.89. The number of fused-ring (bicyclic) bond motifs is 6. The highest BCUT2D eigenvalue weighted by atomic mass is 35.5. The molecule has 0 saturated carbocycles. The highest BCUT2D eigenvalue weighted by Crippen LogP contribution is 2.41. The first-order valence-corrected chi connectivity index (χ1v) is 12.9. The molecule has 2 aliphatic rings. The summed E-state index contributed by atoms with van der Waals surface area (Å²) >= 11 is 6.27. The van der Waals surface area contributed by atoms with Gasteiger partial charge in [-0.25, -0.2) is 0 Å². The SMILES string of the molecule is CC1c2ccc3c4c(ccc3c2=CC(c2c[nH]c3ccc(Cl)cc23)C1S(=O)(=O)O)CC=CC=4. The summed E-state index contributed by atoms with van der Waals surface area (Å²) in [6.07, 6.45) is 11.1. The third-order valence-corrected chi connectivity index (χ3v) is 8.83. The molecular weight excluding hydrogens is 454 g/mol. The molecule has 0 saturated heterocycles. The second-order valence-corrected chi connectivity index (χ2v) is 11.0. The molecule has 3 unspecified atom stereocenters. The van der Waals surface area contributed by atoms with E-state index in [9.17, 15) is 13.0 Å². The lowest BCUT2D eigenvalue weighted by atomic mass is 9.78. The van der Waals surface area contributed by atoms with Crippen molar-refractivity contribution in [3.63, 3.8) is 0 Å². The molecule has 3 aromatic carbocycles. The molecule has 3 atom stereocenters. The van der Waals surface area contributed by atoms with Gasteiger partial charge >= 0.3 is 0 Å². The number of H-pyrrole nitrogens is 1. The normalized spacial score (nSPS) is 22.0. The minimum atomic E-state index is -4.33. The van der Waals surface area contributed by atoms with E-state index in [4.69, 9.17) is 11.6 Å². The molecule has 1 heterocycles. The van der Waals surface area contributed by atoms with Gasteiger partial charge in [0.1, 0.15) is 5.25 Å². The van der Waals surface area contributed by atoms with Crippen molar-refractivity contribution in [3.8, 4) is 0 Å². The quantitative estimate of drug-likeness (QED) is 0.409. The van der Waals surface area contributed by atoms with Gasteiger partial charge in [-0.2, -0.15) is 8.42 Å². The first kappa shape index (κ1) is 20.7. The first-order chi connectivity index (χ1) is 15.8. The van der Waals surface area contributed by atoms with Crippen molar-refractivity contribution in [1.29, 1.82) is 0 Å². The van der Waals surface area contributed by atoms with Crippen LogP contribution in [0.1, 0.15) is 35.4 Å². The zero-order valence-corrected chi connectivity index (χ0v) is 19.5. The van der Waals surface area contributed by atoms with E-state index >= 15 is 0 Å². The van der Waals surface area contributed by atoms with Gasteiger partial charge in [-0.15, -0.1) is 0 Å². The monoisotopic (exact) mass is 475 g/mol. The van der Waals surface area contributed by atoms with Crippen LogP contribution in [0.25, 0.3) is 33.8 Å². The first-order valence-electron chi connectivity index (χ1n) is 11.0. The predicted octanol–water partition coefficient (Wildman–Crippen LogP) is 4.81. The molecule has 0 amide bonds. The van der Waals surface area contributed by atoms with Crippen LogP contribution in [-0.2, 0) is 16.5 Å².